The van der Waals surface area contributed by atoms with Gasteiger partial charge in [0, 0.05) is 4.90 Å². The quantitative estimate of drug-likeness (QED) is 0.864. The summed E-state index contributed by atoms with van der Waals surface area (Å²) in [5.41, 5.74) is 1.86. The second-order valence-corrected chi connectivity index (χ2v) is 6.33. The molecule has 2 aromatic rings. The lowest BCUT2D eigenvalue weighted by atomic mass is 10.2. The minimum Gasteiger partial charge on any atom is -0.457 e. The van der Waals surface area contributed by atoms with Crippen molar-refractivity contribution in [2.45, 2.75) is 11.5 Å². The van der Waals surface area contributed by atoms with Crippen molar-refractivity contribution in [2.24, 2.45) is 0 Å². The molecule has 7 heteroatoms. The summed E-state index contributed by atoms with van der Waals surface area (Å²) in [7, 11) is 0. The van der Waals surface area contributed by atoms with Gasteiger partial charge in [-0.15, -0.1) is 11.8 Å². The van der Waals surface area contributed by atoms with Crippen LogP contribution in [0.25, 0.3) is 0 Å². The van der Waals surface area contributed by atoms with Gasteiger partial charge >= 0.3 is 5.97 Å². The molecule has 6 nitrogen and oxygen atoms in total. The fraction of sp³-hybridized carbons (Fsp3) is 0.176. The van der Waals surface area contributed by atoms with Crippen molar-refractivity contribution < 1.29 is 23.8 Å². The standard InChI is InChI=1S/C17H13NO5S/c19-16-8-24-15-4-2-11(6-12(15)18-16)17(20)21-7-10-1-3-13-14(5-10)23-9-22-13/h1-6H,7-9H2,(H,18,19). The number of nitrogens with one attached hydrogen (secondary N) is 1. The summed E-state index contributed by atoms with van der Waals surface area (Å²) in [4.78, 5) is 24.6. The van der Waals surface area contributed by atoms with Gasteiger partial charge in [0.15, 0.2) is 11.5 Å². The minimum absolute atomic E-state index is 0.0709. The van der Waals surface area contributed by atoms with E-state index in [-0.39, 0.29) is 19.3 Å². The molecule has 1 amide bonds. The lowest BCUT2D eigenvalue weighted by Gasteiger charge is -2.16. The first-order valence-corrected chi connectivity index (χ1v) is 8.30. The van der Waals surface area contributed by atoms with Crippen LogP contribution in [0.4, 0.5) is 5.69 Å². The molecule has 0 atom stereocenters. The molecule has 2 heterocycles. The van der Waals surface area contributed by atoms with Crippen LogP contribution in [-0.4, -0.2) is 24.4 Å². The van der Waals surface area contributed by atoms with Gasteiger partial charge in [0.05, 0.1) is 17.0 Å². The van der Waals surface area contributed by atoms with E-state index in [1.54, 1.807) is 24.3 Å². The maximum Gasteiger partial charge on any atom is 0.338 e. The molecule has 0 bridgehead atoms. The fourth-order valence-corrected chi connectivity index (χ4v) is 3.26. The van der Waals surface area contributed by atoms with Crippen LogP contribution in [-0.2, 0) is 16.1 Å². The van der Waals surface area contributed by atoms with Crippen LogP contribution in [0.1, 0.15) is 15.9 Å². The average molecular weight is 343 g/mol. The number of rotatable bonds is 3. The lowest BCUT2D eigenvalue weighted by Crippen LogP contribution is -2.19. The molecule has 0 saturated carbocycles. The Morgan fingerprint density at radius 2 is 2.04 bits per heavy atom. The SMILES string of the molecule is O=C1CSc2ccc(C(=O)OCc3ccc4c(c3)OCO4)cc2N1. The number of anilines is 1. The summed E-state index contributed by atoms with van der Waals surface area (Å²) in [5, 5.41) is 2.76. The molecule has 24 heavy (non-hydrogen) atoms. The van der Waals surface area contributed by atoms with Crippen molar-refractivity contribution in [3.63, 3.8) is 0 Å². The molecule has 0 spiro atoms. The van der Waals surface area contributed by atoms with Gasteiger partial charge < -0.3 is 19.5 Å². The molecule has 0 aromatic heterocycles. The Balaban J connectivity index is 1.45. The number of esters is 1. The summed E-state index contributed by atoms with van der Waals surface area (Å²) in [6.45, 7) is 0.338. The maximum atomic E-state index is 12.2. The van der Waals surface area contributed by atoms with E-state index in [4.69, 9.17) is 14.2 Å². The topological polar surface area (TPSA) is 73.9 Å². The summed E-state index contributed by atoms with van der Waals surface area (Å²) >= 11 is 1.45. The van der Waals surface area contributed by atoms with Gasteiger partial charge in [-0.1, -0.05) is 6.07 Å². The van der Waals surface area contributed by atoms with E-state index in [1.165, 1.54) is 11.8 Å². The normalized spacial score (nSPS) is 14.8. The van der Waals surface area contributed by atoms with E-state index in [0.29, 0.717) is 28.5 Å². The molecule has 4 rings (SSSR count). The van der Waals surface area contributed by atoms with E-state index in [1.807, 2.05) is 12.1 Å². The predicted octanol–water partition coefficient (Wildman–Crippen LogP) is 2.82. The Labute approximate surface area is 142 Å². The number of hydrogen-bond donors (Lipinski definition) is 1. The summed E-state index contributed by atoms with van der Waals surface area (Å²) in [6.07, 6.45) is 0. The molecule has 0 unspecified atom stereocenters. The van der Waals surface area contributed by atoms with Gasteiger partial charge in [0.25, 0.3) is 0 Å². The molecule has 0 saturated heterocycles. The number of carbonyl (C=O) groups is 2. The van der Waals surface area contributed by atoms with Crippen LogP contribution in [0.15, 0.2) is 41.3 Å². The number of fused-ring (bicyclic) bond motifs is 2. The molecule has 2 aliphatic rings. The molecular formula is C17H13NO5S. The summed E-state index contributed by atoms with van der Waals surface area (Å²) in [5.74, 6) is 1.21. The second kappa shape index (κ2) is 6.09. The van der Waals surface area contributed by atoms with Gasteiger partial charge in [-0.05, 0) is 35.9 Å². The Kier molecular flexibility index (Phi) is 3.78. The predicted molar refractivity (Wildman–Crippen MR) is 87.5 cm³/mol. The van der Waals surface area contributed by atoms with Crippen LogP contribution < -0.4 is 14.8 Å². The fourth-order valence-electron chi connectivity index (χ4n) is 2.47. The van der Waals surface area contributed by atoms with E-state index in [0.717, 1.165) is 10.5 Å². The second-order valence-electron chi connectivity index (χ2n) is 5.31. The van der Waals surface area contributed by atoms with Crippen LogP contribution in [0.3, 0.4) is 0 Å². The Bertz CT molecular complexity index is 836. The van der Waals surface area contributed by atoms with Gasteiger partial charge in [-0.25, -0.2) is 4.79 Å². The number of amides is 1. The third kappa shape index (κ3) is 2.90. The van der Waals surface area contributed by atoms with Gasteiger partial charge in [0.2, 0.25) is 12.7 Å². The summed E-state index contributed by atoms with van der Waals surface area (Å²) < 4.78 is 15.9. The third-order valence-corrected chi connectivity index (χ3v) is 4.73. The Morgan fingerprint density at radius 1 is 1.17 bits per heavy atom. The molecule has 2 aliphatic heterocycles. The van der Waals surface area contributed by atoms with Crippen molar-refractivity contribution in [2.75, 3.05) is 17.9 Å². The van der Waals surface area contributed by atoms with E-state index < -0.39 is 5.97 Å². The van der Waals surface area contributed by atoms with Crippen molar-refractivity contribution in [1.29, 1.82) is 0 Å². The van der Waals surface area contributed by atoms with Gasteiger partial charge in [0.1, 0.15) is 6.61 Å². The van der Waals surface area contributed by atoms with Crippen molar-refractivity contribution in [3.05, 3.63) is 47.5 Å². The minimum atomic E-state index is -0.444. The first-order valence-electron chi connectivity index (χ1n) is 7.31. The van der Waals surface area contributed by atoms with E-state index >= 15 is 0 Å². The largest absolute Gasteiger partial charge is 0.457 e. The molecule has 122 valence electrons. The number of thioether (sulfide) groups is 1. The van der Waals surface area contributed by atoms with E-state index in [2.05, 4.69) is 5.32 Å². The molecule has 2 aromatic carbocycles. The molecule has 0 aliphatic carbocycles. The highest BCUT2D eigenvalue weighted by Gasteiger charge is 2.18. The van der Waals surface area contributed by atoms with E-state index in [9.17, 15) is 9.59 Å². The van der Waals surface area contributed by atoms with Gasteiger partial charge in [-0.3, -0.25) is 4.79 Å². The first-order chi connectivity index (χ1) is 11.7. The summed E-state index contributed by atoms with van der Waals surface area (Å²) in [6, 6.07) is 10.6. The maximum absolute atomic E-state index is 12.2. The van der Waals surface area contributed by atoms with Crippen LogP contribution >= 0.6 is 11.8 Å². The molecule has 1 N–H and O–H groups in total. The molecule has 0 fully saturated rings. The number of ether oxygens (including phenoxy) is 3. The Morgan fingerprint density at radius 3 is 2.96 bits per heavy atom. The van der Waals surface area contributed by atoms with Crippen LogP contribution in [0, 0.1) is 0 Å². The van der Waals surface area contributed by atoms with Gasteiger partial charge in [-0.2, -0.15) is 0 Å². The number of hydrogen-bond acceptors (Lipinski definition) is 6. The lowest BCUT2D eigenvalue weighted by molar-refractivity contribution is -0.113. The molecular weight excluding hydrogens is 330 g/mol. The highest BCUT2D eigenvalue weighted by Crippen LogP contribution is 2.33. The number of benzene rings is 2. The number of carbonyl (C=O) groups excluding carboxylic acids is 2. The van der Waals surface area contributed by atoms with Crippen LogP contribution in [0.2, 0.25) is 0 Å². The first kappa shape index (κ1) is 14.9. The highest BCUT2D eigenvalue weighted by molar-refractivity contribution is 8.00. The van der Waals surface area contributed by atoms with Crippen molar-refractivity contribution >= 4 is 29.3 Å². The molecule has 0 radical (unpaired) electrons. The average Bonchev–Trinajstić information content (AvgIpc) is 3.06. The zero-order chi connectivity index (χ0) is 16.5. The van der Waals surface area contributed by atoms with Crippen molar-refractivity contribution in [1.82, 2.24) is 0 Å². The smallest absolute Gasteiger partial charge is 0.338 e. The highest BCUT2D eigenvalue weighted by atomic mass is 32.2. The van der Waals surface area contributed by atoms with Crippen LogP contribution in [0.5, 0.6) is 11.5 Å². The third-order valence-electron chi connectivity index (χ3n) is 3.66. The zero-order valence-electron chi connectivity index (χ0n) is 12.5. The monoisotopic (exact) mass is 343 g/mol. The Hall–Kier alpha value is -2.67. The zero-order valence-corrected chi connectivity index (χ0v) is 13.4. The van der Waals surface area contributed by atoms with Crippen molar-refractivity contribution in [3.8, 4) is 11.5 Å².